The normalized spacial score (nSPS) is 10.6. The van der Waals surface area contributed by atoms with Crippen LogP contribution in [0.4, 0.5) is 5.69 Å². The molecule has 0 saturated heterocycles. The van der Waals surface area contributed by atoms with E-state index in [2.05, 4.69) is 36.3 Å². The highest BCUT2D eigenvalue weighted by Gasteiger charge is 2.18. The van der Waals surface area contributed by atoms with Gasteiger partial charge >= 0.3 is 0 Å². The Kier molecular flexibility index (Phi) is 3.42. The molecule has 0 spiro atoms. The van der Waals surface area contributed by atoms with E-state index in [0.717, 1.165) is 16.7 Å². The fourth-order valence-electron chi connectivity index (χ4n) is 2.35. The molecule has 0 saturated carbocycles. The van der Waals surface area contributed by atoms with E-state index in [0.29, 0.717) is 5.69 Å². The van der Waals surface area contributed by atoms with Crippen LogP contribution in [0.1, 0.15) is 38.2 Å². The number of H-pyrrole nitrogens is 1. The Hall–Kier alpha value is -2.10. The van der Waals surface area contributed by atoms with Crippen molar-refractivity contribution in [2.75, 3.05) is 5.32 Å². The van der Waals surface area contributed by atoms with Crippen molar-refractivity contribution in [3.63, 3.8) is 0 Å². The largest absolute Gasteiger partial charge is 0.319 e. The number of amides is 1. The molecule has 2 N–H and O–H groups in total. The maximum absolute atomic E-state index is 12.4. The molecule has 4 heteroatoms. The van der Waals surface area contributed by atoms with E-state index in [1.807, 2.05) is 13.8 Å². The van der Waals surface area contributed by atoms with Crippen LogP contribution in [0.25, 0.3) is 0 Å². The first kappa shape index (κ1) is 13.3. The lowest BCUT2D eigenvalue weighted by Crippen LogP contribution is -2.17. The monoisotopic (exact) mass is 257 g/mol. The van der Waals surface area contributed by atoms with Gasteiger partial charge in [-0.25, -0.2) is 0 Å². The molecule has 100 valence electrons. The molecule has 1 aromatic heterocycles. The summed E-state index contributed by atoms with van der Waals surface area (Å²) in [6, 6.07) is 0. The zero-order valence-corrected chi connectivity index (χ0v) is 12.0. The number of carbonyl (C=O) groups is 1. The van der Waals surface area contributed by atoms with E-state index in [1.165, 1.54) is 16.7 Å². The Balaban J connectivity index is 2.48. The van der Waals surface area contributed by atoms with Gasteiger partial charge in [0.15, 0.2) is 0 Å². The van der Waals surface area contributed by atoms with Crippen molar-refractivity contribution in [2.24, 2.45) is 0 Å². The lowest BCUT2D eigenvalue weighted by atomic mass is 9.89. The van der Waals surface area contributed by atoms with Crippen LogP contribution >= 0.6 is 0 Å². The third-order valence-corrected chi connectivity index (χ3v) is 3.98. The number of hydrogen-bond donors (Lipinski definition) is 2. The highest BCUT2D eigenvalue weighted by Crippen LogP contribution is 2.26. The molecule has 1 aromatic carbocycles. The second kappa shape index (κ2) is 4.88. The predicted molar refractivity (Wildman–Crippen MR) is 76.7 cm³/mol. The summed E-state index contributed by atoms with van der Waals surface area (Å²) in [5.41, 5.74) is 7.15. The van der Waals surface area contributed by atoms with Gasteiger partial charge in [-0.3, -0.25) is 9.89 Å². The van der Waals surface area contributed by atoms with E-state index >= 15 is 0 Å². The van der Waals surface area contributed by atoms with Crippen LogP contribution in [0.15, 0.2) is 12.4 Å². The average molecular weight is 257 g/mol. The van der Waals surface area contributed by atoms with E-state index in [9.17, 15) is 4.79 Å². The van der Waals surface area contributed by atoms with Gasteiger partial charge < -0.3 is 5.32 Å². The Morgan fingerprint density at radius 1 is 1.00 bits per heavy atom. The van der Waals surface area contributed by atoms with Crippen molar-refractivity contribution in [3.05, 3.63) is 45.8 Å². The maximum Gasteiger partial charge on any atom is 0.256 e. The van der Waals surface area contributed by atoms with Crippen LogP contribution in [-0.2, 0) is 0 Å². The van der Waals surface area contributed by atoms with Crippen LogP contribution in [-0.4, -0.2) is 16.1 Å². The van der Waals surface area contributed by atoms with Gasteiger partial charge in [-0.15, -0.1) is 0 Å². The summed E-state index contributed by atoms with van der Waals surface area (Å²) in [4.78, 5) is 12.4. The van der Waals surface area contributed by atoms with E-state index in [4.69, 9.17) is 0 Å². The van der Waals surface area contributed by atoms with Crippen LogP contribution in [0.2, 0.25) is 0 Å². The van der Waals surface area contributed by atoms with Crippen molar-refractivity contribution < 1.29 is 4.79 Å². The molecule has 4 nitrogen and oxygen atoms in total. The highest BCUT2D eigenvalue weighted by atomic mass is 16.1. The van der Waals surface area contributed by atoms with Crippen LogP contribution in [0.5, 0.6) is 0 Å². The number of hydrogen-bond acceptors (Lipinski definition) is 2. The smallest absolute Gasteiger partial charge is 0.256 e. The summed E-state index contributed by atoms with van der Waals surface area (Å²) < 4.78 is 0. The van der Waals surface area contributed by atoms with E-state index in [-0.39, 0.29) is 5.91 Å². The zero-order valence-electron chi connectivity index (χ0n) is 12.0. The molecule has 0 radical (unpaired) electrons. The molecule has 19 heavy (non-hydrogen) atoms. The molecule has 2 rings (SSSR count). The summed E-state index contributed by atoms with van der Waals surface area (Å²) in [6.07, 6.45) is 3.26. The molecule has 0 atom stereocenters. The number of aromatic amines is 1. The average Bonchev–Trinajstić information content (AvgIpc) is 2.87. The van der Waals surface area contributed by atoms with E-state index < -0.39 is 0 Å². The van der Waals surface area contributed by atoms with Crippen molar-refractivity contribution >= 4 is 11.6 Å². The Bertz CT molecular complexity index is 598. The van der Waals surface area contributed by atoms with Crippen LogP contribution in [0, 0.1) is 34.6 Å². The van der Waals surface area contributed by atoms with Crippen molar-refractivity contribution in [1.82, 2.24) is 10.2 Å². The molecule has 0 aliphatic heterocycles. The van der Waals surface area contributed by atoms with Crippen LogP contribution in [0.3, 0.4) is 0 Å². The molecular weight excluding hydrogens is 238 g/mol. The summed E-state index contributed by atoms with van der Waals surface area (Å²) >= 11 is 0. The quantitative estimate of drug-likeness (QED) is 0.868. The van der Waals surface area contributed by atoms with Gasteiger partial charge in [-0.2, -0.15) is 5.10 Å². The van der Waals surface area contributed by atoms with Gasteiger partial charge in [0.25, 0.3) is 5.91 Å². The number of aromatic nitrogens is 2. The first-order valence-electron chi connectivity index (χ1n) is 6.30. The van der Waals surface area contributed by atoms with Gasteiger partial charge in [0.05, 0.1) is 11.9 Å². The van der Waals surface area contributed by atoms with Crippen molar-refractivity contribution in [3.8, 4) is 0 Å². The van der Waals surface area contributed by atoms with Gasteiger partial charge in [0.1, 0.15) is 0 Å². The first-order valence-corrected chi connectivity index (χ1v) is 6.30. The van der Waals surface area contributed by atoms with Gasteiger partial charge in [-0.1, -0.05) is 0 Å². The van der Waals surface area contributed by atoms with E-state index in [1.54, 1.807) is 12.4 Å². The van der Waals surface area contributed by atoms with Gasteiger partial charge in [-0.05, 0) is 62.4 Å². The molecule has 0 bridgehead atoms. The lowest BCUT2D eigenvalue weighted by molar-refractivity contribution is 0.102. The second-order valence-corrected chi connectivity index (χ2v) is 4.94. The van der Waals surface area contributed by atoms with Crippen molar-refractivity contribution in [1.29, 1.82) is 0 Å². The highest BCUT2D eigenvalue weighted by molar-refractivity contribution is 6.06. The Morgan fingerprint density at radius 3 is 2.00 bits per heavy atom. The number of rotatable bonds is 2. The number of nitrogens with one attached hydrogen (secondary N) is 2. The number of carbonyl (C=O) groups excluding carboxylic acids is 1. The molecule has 0 aliphatic carbocycles. The molecule has 1 heterocycles. The van der Waals surface area contributed by atoms with Gasteiger partial charge in [0.2, 0.25) is 0 Å². The molecule has 0 unspecified atom stereocenters. The minimum absolute atomic E-state index is 0.0809. The standard InChI is InChI=1S/C15H19N3O/c1-8-9(2)11(4)14(12(5)10(8)3)15(19)18-13-6-16-17-7-13/h6-7H,1-5H3,(H,16,17)(H,18,19). The summed E-state index contributed by atoms with van der Waals surface area (Å²) in [5.74, 6) is -0.0809. The molecule has 1 amide bonds. The minimum Gasteiger partial charge on any atom is -0.319 e. The number of benzene rings is 1. The number of anilines is 1. The zero-order chi connectivity index (χ0) is 14.2. The predicted octanol–water partition coefficient (Wildman–Crippen LogP) is 3.20. The van der Waals surface area contributed by atoms with Crippen LogP contribution < -0.4 is 5.32 Å². The fraction of sp³-hybridized carbons (Fsp3) is 0.333. The van der Waals surface area contributed by atoms with Gasteiger partial charge in [0, 0.05) is 11.8 Å². The number of nitrogens with zero attached hydrogens (tertiary/aromatic N) is 1. The summed E-state index contributed by atoms with van der Waals surface area (Å²) in [5, 5.41) is 9.37. The lowest BCUT2D eigenvalue weighted by Gasteiger charge is -2.17. The summed E-state index contributed by atoms with van der Waals surface area (Å²) in [6.45, 7) is 10.2. The van der Waals surface area contributed by atoms with Crippen molar-refractivity contribution in [2.45, 2.75) is 34.6 Å². The minimum atomic E-state index is -0.0809. The SMILES string of the molecule is Cc1c(C)c(C)c(C(=O)Nc2cn[nH]c2)c(C)c1C. The summed E-state index contributed by atoms with van der Waals surface area (Å²) in [7, 11) is 0. The second-order valence-electron chi connectivity index (χ2n) is 4.94. The third kappa shape index (κ3) is 2.26. The molecule has 0 fully saturated rings. The third-order valence-electron chi connectivity index (χ3n) is 3.98. The Morgan fingerprint density at radius 2 is 1.53 bits per heavy atom. The maximum atomic E-state index is 12.4. The molecular formula is C15H19N3O. The molecule has 0 aliphatic rings. The Labute approximate surface area is 113 Å². The first-order chi connectivity index (χ1) is 8.93. The topological polar surface area (TPSA) is 57.8 Å². The fourth-order valence-corrected chi connectivity index (χ4v) is 2.35. The molecule has 2 aromatic rings.